The Morgan fingerprint density at radius 1 is 1.58 bits per heavy atom. The Kier molecular flexibility index (Phi) is 3.38. The Bertz CT molecular complexity index is 549. The Hall–Kier alpha value is -2.16. The molecule has 0 bridgehead atoms. The second kappa shape index (κ2) is 4.84. The van der Waals surface area contributed by atoms with Crippen molar-refractivity contribution >= 4 is 34.1 Å². The number of aromatic nitrogens is 1. The van der Waals surface area contributed by atoms with E-state index in [9.17, 15) is 9.59 Å². The number of anilines is 1. The second-order valence-corrected chi connectivity index (χ2v) is 4.97. The number of carbonyl (C=O) groups excluding carboxylic acids is 1. The minimum Gasteiger partial charge on any atom is -0.478 e. The summed E-state index contributed by atoms with van der Waals surface area (Å²) in [5.41, 5.74) is 10.9. The van der Waals surface area contributed by atoms with E-state index in [-0.39, 0.29) is 16.5 Å². The zero-order valence-corrected chi connectivity index (χ0v) is 10.6. The number of carbonyl (C=O) groups is 2. The molecule has 1 aromatic rings. The SMILES string of the molecule is [NH]C(=O)/C(=N\OC1(C(=O)O)CCC1)c1csc(N)n1. The molecule has 1 amide bonds. The van der Waals surface area contributed by atoms with E-state index in [4.69, 9.17) is 21.4 Å². The average Bonchev–Trinajstić information content (AvgIpc) is 2.67. The fourth-order valence-corrected chi connectivity index (χ4v) is 2.12. The Balaban J connectivity index is 2.23. The summed E-state index contributed by atoms with van der Waals surface area (Å²) in [4.78, 5) is 31.1. The number of carboxylic acid groups (broad SMARTS) is 1. The van der Waals surface area contributed by atoms with Crippen molar-refractivity contribution in [2.75, 3.05) is 5.73 Å². The Morgan fingerprint density at radius 2 is 2.26 bits per heavy atom. The summed E-state index contributed by atoms with van der Waals surface area (Å²) in [5, 5.41) is 14.2. The van der Waals surface area contributed by atoms with Crippen LogP contribution < -0.4 is 11.5 Å². The summed E-state index contributed by atoms with van der Waals surface area (Å²) in [6.45, 7) is 0. The van der Waals surface area contributed by atoms with Gasteiger partial charge in [0.1, 0.15) is 5.69 Å². The van der Waals surface area contributed by atoms with Gasteiger partial charge < -0.3 is 15.7 Å². The first kappa shape index (κ1) is 13.3. The largest absolute Gasteiger partial charge is 0.478 e. The summed E-state index contributed by atoms with van der Waals surface area (Å²) < 4.78 is 0. The maximum absolute atomic E-state index is 11.2. The van der Waals surface area contributed by atoms with Crippen LogP contribution in [-0.4, -0.2) is 33.3 Å². The standard InChI is InChI=1S/C10H11N4O4S/c11-7(15)6(5-4-19-9(12)13-5)14-18-10(8(16)17)2-1-3-10/h4,11H,1-3H2,(H2,12,13)(H,16,17)/b14-6-. The summed E-state index contributed by atoms with van der Waals surface area (Å²) in [6.07, 6.45) is 1.37. The first-order valence-corrected chi connectivity index (χ1v) is 6.29. The molecule has 0 unspecified atom stereocenters. The van der Waals surface area contributed by atoms with Crippen LogP contribution >= 0.6 is 11.3 Å². The molecular weight excluding hydrogens is 272 g/mol. The van der Waals surface area contributed by atoms with Gasteiger partial charge in [-0.1, -0.05) is 5.16 Å². The zero-order valence-electron chi connectivity index (χ0n) is 9.75. The highest BCUT2D eigenvalue weighted by Gasteiger charge is 2.48. The van der Waals surface area contributed by atoms with E-state index in [0.717, 1.165) is 17.8 Å². The molecule has 4 N–H and O–H groups in total. The first-order chi connectivity index (χ1) is 8.94. The van der Waals surface area contributed by atoms with Crippen LogP contribution in [0.5, 0.6) is 0 Å². The minimum absolute atomic E-state index is 0.113. The highest BCUT2D eigenvalue weighted by molar-refractivity contribution is 7.13. The molecular formula is C10H11N4O4S. The number of hydrogen-bond donors (Lipinski definition) is 2. The molecule has 2 rings (SSSR count). The van der Waals surface area contributed by atoms with Gasteiger partial charge in [-0.3, -0.25) is 10.5 Å². The van der Waals surface area contributed by atoms with Gasteiger partial charge in [-0.25, -0.2) is 9.78 Å². The number of carboxylic acids is 1. The van der Waals surface area contributed by atoms with Gasteiger partial charge in [-0.15, -0.1) is 11.3 Å². The van der Waals surface area contributed by atoms with Crippen LogP contribution in [-0.2, 0) is 14.4 Å². The van der Waals surface area contributed by atoms with Crippen LogP contribution in [0.4, 0.5) is 5.13 Å². The molecule has 0 saturated heterocycles. The van der Waals surface area contributed by atoms with Crippen LogP contribution in [0.15, 0.2) is 10.5 Å². The lowest BCUT2D eigenvalue weighted by atomic mass is 9.80. The lowest BCUT2D eigenvalue weighted by Crippen LogP contribution is -2.47. The van der Waals surface area contributed by atoms with E-state index in [1.54, 1.807) is 0 Å². The van der Waals surface area contributed by atoms with Gasteiger partial charge in [-0.2, -0.15) is 0 Å². The summed E-state index contributed by atoms with van der Waals surface area (Å²) in [6, 6.07) is 0. The third-order valence-electron chi connectivity index (χ3n) is 2.84. The number of nitrogens with two attached hydrogens (primary N) is 1. The van der Waals surface area contributed by atoms with Crippen LogP contribution in [0.2, 0.25) is 0 Å². The van der Waals surface area contributed by atoms with E-state index in [2.05, 4.69) is 10.1 Å². The highest BCUT2D eigenvalue weighted by atomic mass is 32.1. The maximum atomic E-state index is 11.2. The quantitative estimate of drug-likeness (QED) is 0.587. The van der Waals surface area contributed by atoms with E-state index in [0.29, 0.717) is 12.8 Å². The summed E-state index contributed by atoms with van der Waals surface area (Å²) in [7, 11) is 0. The number of oxime groups is 1. The van der Waals surface area contributed by atoms with Gasteiger partial charge in [-0.05, 0) is 6.42 Å². The molecule has 1 aliphatic carbocycles. The van der Waals surface area contributed by atoms with Crippen molar-refractivity contribution in [3.05, 3.63) is 11.1 Å². The number of hydrogen-bond acceptors (Lipinski definition) is 7. The molecule has 1 aliphatic rings. The number of thiazole rings is 1. The average molecular weight is 283 g/mol. The molecule has 0 aromatic carbocycles. The number of nitrogens with zero attached hydrogens (tertiary/aromatic N) is 2. The third kappa shape index (κ3) is 2.50. The second-order valence-electron chi connectivity index (χ2n) is 4.08. The van der Waals surface area contributed by atoms with Gasteiger partial charge in [0.05, 0.1) is 0 Å². The molecule has 101 valence electrons. The molecule has 0 aliphatic heterocycles. The lowest BCUT2D eigenvalue weighted by Gasteiger charge is -2.34. The number of amides is 1. The van der Waals surface area contributed by atoms with Gasteiger partial charge >= 0.3 is 5.97 Å². The predicted molar refractivity (Wildman–Crippen MR) is 66.5 cm³/mol. The molecule has 9 heteroatoms. The summed E-state index contributed by atoms with van der Waals surface area (Å²) >= 11 is 1.09. The van der Waals surface area contributed by atoms with Crippen molar-refractivity contribution in [3.8, 4) is 0 Å². The monoisotopic (exact) mass is 283 g/mol. The van der Waals surface area contributed by atoms with Gasteiger partial charge in [0.15, 0.2) is 10.8 Å². The fraction of sp³-hybridized carbons (Fsp3) is 0.400. The van der Waals surface area contributed by atoms with Gasteiger partial charge in [0, 0.05) is 18.2 Å². The molecule has 1 aromatic heterocycles. The van der Waals surface area contributed by atoms with E-state index >= 15 is 0 Å². The zero-order chi connectivity index (χ0) is 14.0. The Morgan fingerprint density at radius 3 is 2.63 bits per heavy atom. The van der Waals surface area contributed by atoms with E-state index in [1.807, 2.05) is 0 Å². The van der Waals surface area contributed by atoms with Crippen LogP contribution in [0.25, 0.3) is 0 Å². The van der Waals surface area contributed by atoms with Crippen LogP contribution in [0.1, 0.15) is 25.0 Å². The molecule has 1 saturated carbocycles. The number of nitrogens with one attached hydrogen (secondary N) is 1. The van der Waals surface area contributed by atoms with Crippen LogP contribution in [0.3, 0.4) is 0 Å². The highest BCUT2D eigenvalue weighted by Crippen LogP contribution is 2.36. The van der Waals surface area contributed by atoms with Crippen molar-refractivity contribution in [1.82, 2.24) is 10.7 Å². The van der Waals surface area contributed by atoms with E-state index < -0.39 is 17.5 Å². The molecule has 1 fully saturated rings. The predicted octanol–water partition coefficient (Wildman–Crippen LogP) is 0.263. The molecule has 19 heavy (non-hydrogen) atoms. The van der Waals surface area contributed by atoms with Crippen LogP contribution in [0, 0.1) is 0 Å². The molecule has 1 heterocycles. The first-order valence-electron chi connectivity index (χ1n) is 5.41. The lowest BCUT2D eigenvalue weighted by molar-refractivity contribution is -0.178. The van der Waals surface area contributed by atoms with Crippen molar-refractivity contribution < 1.29 is 19.5 Å². The van der Waals surface area contributed by atoms with Crippen molar-refractivity contribution in [2.24, 2.45) is 5.16 Å². The van der Waals surface area contributed by atoms with Crippen molar-refractivity contribution in [1.29, 1.82) is 0 Å². The molecule has 8 nitrogen and oxygen atoms in total. The number of rotatable bonds is 5. The Labute approximate surface area is 112 Å². The molecule has 1 radical (unpaired) electrons. The smallest absolute Gasteiger partial charge is 0.350 e. The maximum Gasteiger partial charge on any atom is 0.350 e. The van der Waals surface area contributed by atoms with Gasteiger partial charge in [0.2, 0.25) is 5.60 Å². The van der Waals surface area contributed by atoms with E-state index in [1.165, 1.54) is 5.38 Å². The molecule has 0 spiro atoms. The normalized spacial score (nSPS) is 17.6. The van der Waals surface area contributed by atoms with Crippen molar-refractivity contribution in [2.45, 2.75) is 24.9 Å². The topological polar surface area (TPSA) is 139 Å². The van der Waals surface area contributed by atoms with Crippen molar-refractivity contribution in [3.63, 3.8) is 0 Å². The number of aliphatic carboxylic acids is 1. The minimum atomic E-state index is -1.39. The third-order valence-corrected chi connectivity index (χ3v) is 3.52. The number of nitrogen functional groups attached to an aromatic ring is 1. The van der Waals surface area contributed by atoms with Gasteiger partial charge in [0.25, 0.3) is 5.91 Å². The fourth-order valence-electron chi connectivity index (χ4n) is 1.58. The molecule has 0 atom stereocenters. The summed E-state index contributed by atoms with van der Waals surface area (Å²) in [5.74, 6) is -2.23.